The Balaban J connectivity index is 1.69. The zero-order valence-electron chi connectivity index (χ0n) is 16.3. The van der Waals surface area contributed by atoms with E-state index in [1.54, 1.807) is 14.2 Å². The lowest BCUT2D eigenvalue weighted by Crippen LogP contribution is -2.03. The Bertz CT molecular complexity index is 926. The highest BCUT2D eigenvalue weighted by molar-refractivity contribution is 9.10. The molecular weight excluding hydrogens is 418 g/mol. The molecule has 0 spiro atoms. The van der Waals surface area contributed by atoms with Gasteiger partial charge >= 0.3 is 0 Å². The summed E-state index contributed by atoms with van der Waals surface area (Å²) in [6.07, 6.45) is 0. The quantitative estimate of drug-likeness (QED) is 0.467. The van der Waals surface area contributed by atoms with E-state index < -0.39 is 0 Å². The SMILES string of the molecule is COc1ccc(NCc2cc(OC)c(OCc3cccc(C)c3)cc2Br)cc1. The molecule has 3 rings (SSSR count). The molecule has 0 saturated heterocycles. The molecule has 28 heavy (non-hydrogen) atoms. The maximum atomic E-state index is 6.00. The van der Waals surface area contributed by atoms with Gasteiger partial charge in [-0.05, 0) is 54.4 Å². The fraction of sp³-hybridized carbons (Fsp3) is 0.217. The fourth-order valence-electron chi connectivity index (χ4n) is 2.85. The minimum atomic E-state index is 0.494. The largest absolute Gasteiger partial charge is 0.497 e. The summed E-state index contributed by atoms with van der Waals surface area (Å²) >= 11 is 3.65. The summed E-state index contributed by atoms with van der Waals surface area (Å²) in [5.41, 5.74) is 4.44. The molecule has 3 aromatic carbocycles. The molecule has 146 valence electrons. The molecule has 0 atom stereocenters. The number of benzene rings is 3. The second-order valence-electron chi connectivity index (χ2n) is 6.45. The van der Waals surface area contributed by atoms with Crippen molar-refractivity contribution >= 4 is 21.6 Å². The predicted octanol–water partition coefficient (Wildman–Crippen LogP) is 5.97. The Kier molecular flexibility index (Phi) is 6.82. The third-order valence-corrected chi connectivity index (χ3v) is 5.12. The van der Waals surface area contributed by atoms with Gasteiger partial charge in [-0.3, -0.25) is 0 Å². The number of halogens is 1. The Labute approximate surface area is 174 Å². The predicted molar refractivity (Wildman–Crippen MR) is 117 cm³/mol. The van der Waals surface area contributed by atoms with E-state index in [-0.39, 0.29) is 0 Å². The molecule has 0 aliphatic carbocycles. The summed E-state index contributed by atoms with van der Waals surface area (Å²) in [4.78, 5) is 0. The maximum absolute atomic E-state index is 6.00. The summed E-state index contributed by atoms with van der Waals surface area (Å²) in [6, 6.07) is 20.1. The van der Waals surface area contributed by atoms with E-state index in [0.29, 0.717) is 24.7 Å². The van der Waals surface area contributed by atoms with Gasteiger partial charge in [0, 0.05) is 16.7 Å². The number of rotatable bonds is 8. The van der Waals surface area contributed by atoms with Crippen LogP contribution >= 0.6 is 15.9 Å². The zero-order chi connectivity index (χ0) is 19.9. The van der Waals surface area contributed by atoms with Crippen LogP contribution in [0.2, 0.25) is 0 Å². The van der Waals surface area contributed by atoms with Crippen LogP contribution in [0.3, 0.4) is 0 Å². The minimum absolute atomic E-state index is 0.494. The van der Waals surface area contributed by atoms with Crippen LogP contribution in [-0.2, 0) is 13.2 Å². The van der Waals surface area contributed by atoms with Crippen molar-refractivity contribution in [2.75, 3.05) is 19.5 Å². The van der Waals surface area contributed by atoms with Crippen molar-refractivity contribution in [1.29, 1.82) is 0 Å². The first-order valence-electron chi connectivity index (χ1n) is 9.01. The van der Waals surface area contributed by atoms with E-state index in [0.717, 1.165) is 27.0 Å². The Morgan fingerprint density at radius 2 is 1.68 bits per heavy atom. The number of hydrogen-bond acceptors (Lipinski definition) is 4. The molecule has 3 aromatic rings. The second-order valence-corrected chi connectivity index (χ2v) is 7.31. The number of nitrogens with one attached hydrogen (secondary N) is 1. The number of methoxy groups -OCH3 is 2. The number of aryl methyl sites for hydroxylation is 1. The van der Waals surface area contributed by atoms with Crippen molar-refractivity contribution in [3.8, 4) is 17.2 Å². The first kappa shape index (κ1) is 20.1. The average Bonchev–Trinajstić information content (AvgIpc) is 2.72. The third kappa shape index (κ3) is 5.20. The van der Waals surface area contributed by atoms with Gasteiger partial charge in [0.1, 0.15) is 12.4 Å². The fourth-order valence-corrected chi connectivity index (χ4v) is 3.32. The highest BCUT2D eigenvalue weighted by Crippen LogP contribution is 2.34. The standard InChI is InChI=1S/C23H24BrNO3/c1-16-5-4-6-17(11-16)15-28-23-13-21(24)18(12-22(23)27-3)14-25-19-7-9-20(26-2)10-8-19/h4-13,25H,14-15H2,1-3H3. The van der Waals surface area contributed by atoms with E-state index in [2.05, 4.69) is 46.4 Å². The number of anilines is 1. The van der Waals surface area contributed by atoms with E-state index in [4.69, 9.17) is 14.2 Å². The molecule has 0 saturated carbocycles. The lowest BCUT2D eigenvalue weighted by Gasteiger charge is -2.15. The van der Waals surface area contributed by atoms with Gasteiger partial charge in [0.2, 0.25) is 0 Å². The zero-order valence-corrected chi connectivity index (χ0v) is 17.9. The molecule has 0 amide bonds. The third-order valence-electron chi connectivity index (χ3n) is 4.38. The molecular formula is C23H24BrNO3. The minimum Gasteiger partial charge on any atom is -0.497 e. The van der Waals surface area contributed by atoms with Gasteiger partial charge in [-0.1, -0.05) is 45.8 Å². The van der Waals surface area contributed by atoms with E-state index in [9.17, 15) is 0 Å². The smallest absolute Gasteiger partial charge is 0.162 e. The maximum Gasteiger partial charge on any atom is 0.162 e. The summed E-state index contributed by atoms with van der Waals surface area (Å²) < 4.78 is 17.7. The Morgan fingerprint density at radius 3 is 2.36 bits per heavy atom. The van der Waals surface area contributed by atoms with Crippen molar-refractivity contribution in [2.24, 2.45) is 0 Å². The van der Waals surface area contributed by atoms with E-state index >= 15 is 0 Å². The molecule has 0 aliphatic rings. The van der Waals surface area contributed by atoms with Gasteiger partial charge in [0.25, 0.3) is 0 Å². The highest BCUT2D eigenvalue weighted by atomic mass is 79.9. The van der Waals surface area contributed by atoms with Crippen molar-refractivity contribution < 1.29 is 14.2 Å². The molecule has 4 nitrogen and oxygen atoms in total. The lowest BCUT2D eigenvalue weighted by molar-refractivity contribution is 0.284. The normalized spacial score (nSPS) is 10.4. The molecule has 0 heterocycles. The molecule has 5 heteroatoms. The van der Waals surface area contributed by atoms with Crippen molar-refractivity contribution in [2.45, 2.75) is 20.1 Å². The summed E-state index contributed by atoms with van der Waals surface area (Å²) in [5.74, 6) is 2.26. The van der Waals surface area contributed by atoms with Crippen LogP contribution in [0.25, 0.3) is 0 Å². The topological polar surface area (TPSA) is 39.7 Å². The van der Waals surface area contributed by atoms with Gasteiger partial charge in [0.05, 0.1) is 14.2 Å². The monoisotopic (exact) mass is 441 g/mol. The molecule has 0 aliphatic heterocycles. The van der Waals surface area contributed by atoms with Crippen LogP contribution in [0, 0.1) is 6.92 Å². The van der Waals surface area contributed by atoms with Crippen molar-refractivity contribution in [1.82, 2.24) is 0 Å². The molecule has 1 N–H and O–H groups in total. The van der Waals surface area contributed by atoms with Crippen LogP contribution in [0.15, 0.2) is 65.1 Å². The van der Waals surface area contributed by atoms with Gasteiger partial charge in [-0.2, -0.15) is 0 Å². The van der Waals surface area contributed by atoms with Crippen LogP contribution in [-0.4, -0.2) is 14.2 Å². The van der Waals surface area contributed by atoms with Crippen LogP contribution in [0.5, 0.6) is 17.2 Å². The first-order chi connectivity index (χ1) is 13.6. The number of hydrogen-bond donors (Lipinski definition) is 1. The van der Waals surface area contributed by atoms with Gasteiger partial charge in [-0.25, -0.2) is 0 Å². The van der Waals surface area contributed by atoms with E-state index in [1.165, 1.54) is 5.56 Å². The summed E-state index contributed by atoms with van der Waals surface area (Å²) in [6.45, 7) is 3.22. The van der Waals surface area contributed by atoms with Gasteiger partial charge < -0.3 is 19.5 Å². The molecule has 0 unspecified atom stereocenters. The van der Waals surface area contributed by atoms with Crippen LogP contribution in [0.4, 0.5) is 5.69 Å². The van der Waals surface area contributed by atoms with Crippen molar-refractivity contribution in [3.63, 3.8) is 0 Å². The first-order valence-corrected chi connectivity index (χ1v) is 9.81. The van der Waals surface area contributed by atoms with Gasteiger partial charge in [0.15, 0.2) is 11.5 Å². The Morgan fingerprint density at radius 1 is 0.893 bits per heavy atom. The molecule has 0 aromatic heterocycles. The summed E-state index contributed by atoms with van der Waals surface area (Å²) in [7, 11) is 3.32. The Hall–Kier alpha value is -2.66. The number of ether oxygens (including phenoxy) is 3. The lowest BCUT2D eigenvalue weighted by atomic mass is 10.1. The van der Waals surface area contributed by atoms with Crippen LogP contribution < -0.4 is 19.5 Å². The van der Waals surface area contributed by atoms with E-state index in [1.807, 2.05) is 42.5 Å². The molecule has 0 radical (unpaired) electrons. The molecule has 0 fully saturated rings. The average molecular weight is 442 g/mol. The highest BCUT2D eigenvalue weighted by Gasteiger charge is 2.11. The van der Waals surface area contributed by atoms with Crippen molar-refractivity contribution in [3.05, 3.63) is 81.8 Å². The molecule has 0 bridgehead atoms. The summed E-state index contributed by atoms with van der Waals surface area (Å²) in [5, 5.41) is 3.41. The second kappa shape index (κ2) is 9.51. The van der Waals surface area contributed by atoms with Gasteiger partial charge in [-0.15, -0.1) is 0 Å². The van der Waals surface area contributed by atoms with Crippen LogP contribution in [0.1, 0.15) is 16.7 Å².